The van der Waals surface area contributed by atoms with E-state index in [4.69, 9.17) is 10.5 Å². The minimum absolute atomic E-state index is 0.0135. The van der Waals surface area contributed by atoms with Gasteiger partial charge in [-0.3, -0.25) is 4.79 Å². The van der Waals surface area contributed by atoms with E-state index in [1.807, 2.05) is 62.4 Å². The summed E-state index contributed by atoms with van der Waals surface area (Å²) < 4.78 is 7.07. The molecular formula is C18H18N4O2. The van der Waals surface area contributed by atoms with E-state index in [0.717, 1.165) is 22.6 Å². The van der Waals surface area contributed by atoms with E-state index in [2.05, 4.69) is 10.1 Å². The van der Waals surface area contributed by atoms with Gasteiger partial charge in [0.25, 0.3) is 5.91 Å². The van der Waals surface area contributed by atoms with E-state index in [0.29, 0.717) is 12.4 Å². The van der Waals surface area contributed by atoms with Crippen LogP contribution in [0.2, 0.25) is 0 Å². The summed E-state index contributed by atoms with van der Waals surface area (Å²) in [5, 5.41) is 4.25. The third-order valence-electron chi connectivity index (χ3n) is 3.50. The molecular weight excluding hydrogens is 304 g/mol. The SMILES string of the molecule is CCOc1ccc(-n2nc(C(N)=O)nc2-c2cccc(C)c2)cc1. The number of hydrogen-bond donors (Lipinski definition) is 1. The maximum absolute atomic E-state index is 11.5. The van der Waals surface area contributed by atoms with Crippen molar-refractivity contribution < 1.29 is 9.53 Å². The highest BCUT2D eigenvalue weighted by Crippen LogP contribution is 2.23. The van der Waals surface area contributed by atoms with E-state index in [9.17, 15) is 4.79 Å². The molecule has 0 saturated carbocycles. The first kappa shape index (κ1) is 15.7. The van der Waals surface area contributed by atoms with Crippen molar-refractivity contribution in [3.05, 3.63) is 59.9 Å². The molecule has 6 heteroatoms. The molecule has 0 aliphatic heterocycles. The van der Waals surface area contributed by atoms with E-state index in [1.165, 1.54) is 0 Å². The van der Waals surface area contributed by atoms with Crippen LogP contribution >= 0.6 is 0 Å². The molecule has 2 N–H and O–H groups in total. The number of aromatic nitrogens is 3. The molecule has 0 atom stereocenters. The van der Waals surface area contributed by atoms with Crippen molar-refractivity contribution in [1.29, 1.82) is 0 Å². The topological polar surface area (TPSA) is 83.0 Å². The van der Waals surface area contributed by atoms with Crippen molar-refractivity contribution in [2.75, 3.05) is 6.61 Å². The fraction of sp³-hybridized carbons (Fsp3) is 0.167. The molecule has 0 aliphatic carbocycles. The Bertz CT molecular complexity index is 869. The number of rotatable bonds is 5. The zero-order valence-corrected chi connectivity index (χ0v) is 13.6. The summed E-state index contributed by atoms with van der Waals surface area (Å²) in [6.07, 6.45) is 0. The van der Waals surface area contributed by atoms with Crippen LogP contribution in [0.4, 0.5) is 0 Å². The first-order chi connectivity index (χ1) is 11.6. The Morgan fingerprint density at radius 2 is 1.96 bits per heavy atom. The number of carbonyl (C=O) groups excluding carboxylic acids is 1. The summed E-state index contributed by atoms with van der Waals surface area (Å²) in [5.74, 6) is 0.666. The number of amides is 1. The van der Waals surface area contributed by atoms with Crippen LogP contribution in [0.15, 0.2) is 48.5 Å². The van der Waals surface area contributed by atoms with Crippen molar-refractivity contribution in [3.63, 3.8) is 0 Å². The van der Waals surface area contributed by atoms with Crippen molar-refractivity contribution in [3.8, 4) is 22.8 Å². The van der Waals surface area contributed by atoms with Crippen molar-refractivity contribution in [2.24, 2.45) is 5.73 Å². The highest BCUT2D eigenvalue weighted by Gasteiger charge is 2.17. The van der Waals surface area contributed by atoms with E-state index < -0.39 is 5.91 Å². The zero-order chi connectivity index (χ0) is 17.1. The highest BCUT2D eigenvalue weighted by atomic mass is 16.5. The molecule has 3 rings (SSSR count). The maximum atomic E-state index is 11.5. The summed E-state index contributed by atoms with van der Waals surface area (Å²) >= 11 is 0. The van der Waals surface area contributed by atoms with Crippen LogP contribution in [0.1, 0.15) is 23.1 Å². The second-order valence-electron chi connectivity index (χ2n) is 5.33. The molecule has 24 heavy (non-hydrogen) atoms. The van der Waals surface area contributed by atoms with E-state index in [1.54, 1.807) is 4.68 Å². The van der Waals surface area contributed by atoms with Crippen molar-refractivity contribution in [2.45, 2.75) is 13.8 Å². The fourth-order valence-electron chi connectivity index (χ4n) is 2.42. The lowest BCUT2D eigenvalue weighted by atomic mass is 10.1. The summed E-state index contributed by atoms with van der Waals surface area (Å²) in [4.78, 5) is 15.8. The second-order valence-corrected chi connectivity index (χ2v) is 5.33. The van der Waals surface area contributed by atoms with E-state index in [-0.39, 0.29) is 5.82 Å². The largest absolute Gasteiger partial charge is 0.494 e. The molecule has 1 heterocycles. The summed E-state index contributed by atoms with van der Waals surface area (Å²) in [7, 11) is 0. The lowest BCUT2D eigenvalue weighted by molar-refractivity contribution is 0.0990. The highest BCUT2D eigenvalue weighted by molar-refractivity contribution is 5.89. The van der Waals surface area contributed by atoms with Gasteiger partial charge in [-0.05, 0) is 44.2 Å². The van der Waals surface area contributed by atoms with Crippen LogP contribution in [0, 0.1) is 6.92 Å². The number of ether oxygens (including phenoxy) is 1. The summed E-state index contributed by atoms with van der Waals surface area (Å²) in [6, 6.07) is 15.3. The molecule has 3 aromatic rings. The van der Waals surface area contributed by atoms with Crippen LogP contribution in [-0.2, 0) is 0 Å². The predicted molar refractivity (Wildman–Crippen MR) is 91.2 cm³/mol. The number of nitrogens with zero attached hydrogens (tertiary/aromatic N) is 3. The Labute approximate surface area is 139 Å². The minimum atomic E-state index is -0.659. The van der Waals surface area contributed by atoms with Crippen molar-refractivity contribution >= 4 is 5.91 Å². The number of benzene rings is 2. The summed E-state index contributed by atoms with van der Waals surface area (Å²) in [5.41, 5.74) is 8.08. The molecule has 0 radical (unpaired) electrons. The second kappa shape index (κ2) is 6.54. The third kappa shape index (κ3) is 3.12. The molecule has 6 nitrogen and oxygen atoms in total. The van der Waals surface area contributed by atoms with Gasteiger partial charge in [-0.25, -0.2) is 9.67 Å². The van der Waals surface area contributed by atoms with Crippen LogP contribution in [0.5, 0.6) is 5.75 Å². The average molecular weight is 322 g/mol. The minimum Gasteiger partial charge on any atom is -0.494 e. The number of aryl methyl sites for hydroxylation is 1. The van der Waals surface area contributed by atoms with Gasteiger partial charge in [-0.15, -0.1) is 5.10 Å². The van der Waals surface area contributed by atoms with Gasteiger partial charge >= 0.3 is 0 Å². The quantitative estimate of drug-likeness (QED) is 0.783. The molecule has 122 valence electrons. The molecule has 1 aromatic heterocycles. The predicted octanol–water partition coefficient (Wildman–Crippen LogP) is 2.74. The van der Waals surface area contributed by atoms with Gasteiger partial charge in [0.05, 0.1) is 12.3 Å². The Morgan fingerprint density at radius 3 is 2.58 bits per heavy atom. The Kier molecular flexibility index (Phi) is 4.29. The standard InChI is InChI=1S/C18H18N4O2/c1-3-24-15-9-7-14(8-10-15)22-18(20-17(21-22)16(19)23)13-6-4-5-12(2)11-13/h4-11H,3H2,1-2H3,(H2,19,23). The molecule has 2 aromatic carbocycles. The lowest BCUT2D eigenvalue weighted by Crippen LogP contribution is -2.13. The van der Waals surface area contributed by atoms with Crippen LogP contribution in [0.3, 0.4) is 0 Å². The molecule has 0 saturated heterocycles. The van der Waals surface area contributed by atoms with E-state index >= 15 is 0 Å². The molecule has 0 spiro atoms. The Hall–Kier alpha value is -3.15. The first-order valence-corrected chi connectivity index (χ1v) is 7.65. The van der Waals surface area contributed by atoms with Crippen LogP contribution in [0.25, 0.3) is 17.1 Å². The molecule has 0 fully saturated rings. The smallest absolute Gasteiger partial charge is 0.288 e. The van der Waals surface area contributed by atoms with Crippen LogP contribution in [-0.4, -0.2) is 27.3 Å². The maximum Gasteiger partial charge on any atom is 0.288 e. The van der Waals surface area contributed by atoms with Gasteiger partial charge in [-0.1, -0.05) is 23.8 Å². The average Bonchev–Trinajstić information content (AvgIpc) is 3.01. The number of primary amides is 1. The summed E-state index contributed by atoms with van der Waals surface area (Å²) in [6.45, 7) is 4.53. The Morgan fingerprint density at radius 1 is 1.21 bits per heavy atom. The normalized spacial score (nSPS) is 10.6. The van der Waals surface area contributed by atoms with Gasteiger partial charge < -0.3 is 10.5 Å². The molecule has 1 amide bonds. The molecule has 0 aliphatic rings. The lowest BCUT2D eigenvalue weighted by Gasteiger charge is -2.08. The zero-order valence-electron chi connectivity index (χ0n) is 13.6. The first-order valence-electron chi connectivity index (χ1n) is 7.65. The third-order valence-corrected chi connectivity index (χ3v) is 3.50. The Balaban J connectivity index is 2.10. The van der Waals surface area contributed by atoms with Gasteiger partial charge in [0.15, 0.2) is 5.82 Å². The monoisotopic (exact) mass is 322 g/mol. The van der Waals surface area contributed by atoms with Crippen molar-refractivity contribution in [1.82, 2.24) is 14.8 Å². The molecule has 0 unspecified atom stereocenters. The fourth-order valence-corrected chi connectivity index (χ4v) is 2.42. The van der Waals surface area contributed by atoms with Gasteiger partial charge in [-0.2, -0.15) is 0 Å². The van der Waals surface area contributed by atoms with Gasteiger partial charge in [0, 0.05) is 5.56 Å². The van der Waals surface area contributed by atoms with Gasteiger partial charge in [0.1, 0.15) is 5.75 Å². The number of nitrogens with two attached hydrogens (primary N) is 1. The molecule has 0 bridgehead atoms. The van der Waals surface area contributed by atoms with Gasteiger partial charge in [0.2, 0.25) is 5.82 Å². The number of carbonyl (C=O) groups is 1. The van der Waals surface area contributed by atoms with Crippen LogP contribution < -0.4 is 10.5 Å². The number of hydrogen-bond acceptors (Lipinski definition) is 4.